The zero-order valence-electron chi connectivity index (χ0n) is 18.9. The molecule has 2 rings (SSSR count). The summed E-state index contributed by atoms with van der Waals surface area (Å²) in [6.45, 7) is 8.72. The second-order valence-corrected chi connectivity index (χ2v) is 8.52. The van der Waals surface area contributed by atoms with Crippen LogP contribution in [0.1, 0.15) is 58.4 Å². The number of anilines is 1. The van der Waals surface area contributed by atoms with Crippen LogP contribution in [0.3, 0.4) is 0 Å². The molecule has 1 aromatic heterocycles. The van der Waals surface area contributed by atoms with Crippen molar-refractivity contribution >= 4 is 23.3 Å². The first-order valence-corrected chi connectivity index (χ1v) is 9.81. The third-order valence-corrected chi connectivity index (χ3v) is 5.23. The van der Waals surface area contributed by atoms with Crippen LogP contribution in [0.5, 0.6) is 0 Å². The van der Waals surface area contributed by atoms with Gasteiger partial charge in [0.25, 0.3) is 17.6 Å². The fraction of sp³-hybridized carbons (Fsp3) is 0.333. The van der Waals surface area contributed by atoms with Gasteiger partial charge in [-0.25, -0.2) is 4.39 Å². The lowest BCUT2D eigenvalue weighted by Crippen LogP contribution is -2.45. The minimum Gasteiger partial charge on any atom is -0.343 e. The Bertz CT molecular complexity index is 1190. The monoisotopic (exact) mass is 436 g/mol. The maximum absolute atomic E-state index is 13.5. The minimum absolute atomic E-state index is 0.108. The van der Waals surface area contributed by atoms with Crippen LogP contribution in [0.15, 0.2) is 18.2 Å². The molecule has 0 fully saturated rings. The van der Waals surface area contributed by atoms with Gasteiger partial charge in [-0.1, -0.05) is 26.7 Å². The van der Waals surface area contributed by atoms with Gasteiger partial charge in [0.05, 0.1) is 17.2 Å². The molecule has 2 N–H and O–H groups in total. The van der Waals surface area contributed by atoms with E-state index in [9.17, 15) is 18.8 Å². The number of nitriles is 1. The second kappa shape index (κ2) is 9.07. The summed E-state index contributed by atoms with van der Waals surface area (Å²) < 4.78 is 15.0. The van der Waals surface area contributed by atoms with Crippen molar-refractivity contribution in [1.29, 1.82) is 5.26 Å². The lowest BCUT2D eigenvalue weighted by molar-refractivity contribution is -0.117. The lowest BCUT2D eigenvalue weighted by atomic mass is 9.87. The number of ketones is 1. The topological polar surface area (TPSA) is 104 Å². The van der Waals surface area contributed by atoms with Crippen LogP contribution in [0, 0.1) is 48.8 Å². The van der Waals surface area contributed by atoms with Gasteiger partial charge in [-0.05, 0) is 43.0 Å². The van der Waals surface area contributed by atoms with E-state index in [1.54, 1.807) is 27.0 Å². The molecule has 32 heavy (non-hydrogen) atoms. The van der Waals surface area contributed by atoms with E-state index in [4.69, 9.17) is 11.7 Å². The standard InChI is InChI=1S/C24H25FN4O3/c1-8-18(24(4,5)6)28-23(32)21(30)19-13(2)20(29(7)14(19)3)22(31)27-16-9-10-17(25)15(11-16)12-26/h1,9-11,18H,2-7H3,(H,27,31)(H,28,32)/t18-/m0/s1. The van der Waals surface area contributed by atoms with Crippen LogP contribution in [0.2, 0.25) is 0 Å². The maximum atomic E-state index is 13.5. The highest BCUT2D eigenvalue weighted by molar-refractivity contribution is 6.43. The average molecular weight is 436 g/mol. The first-order chi connectivity index (χ1) is 14.8. The number of hydrogen-bond acceptors (Lipinski definition) is 4. The van der Waals surface area contributed by atoms with Crippen molar-refractivity contribution in [3.63, 3.8) is 0 Å². The second-order valence-electron chi connectivity index (χ2n) is 8.52. The molecule has 0 aliphatic carbocycles. The number of halogens is 1. The van der Waals surface area contributed by atoms with E-state index in [0.29, 0.717) is 11.3 Å². The van der Waals surface area contributed by atoms with Gasteiger partial charge >= 0.3 is 0 Å². The molecular formula is C24H25FN4O3. The van der Waals surface area contributed by atoms with Crippen molar-refractivity contribution in [3.05, 3.63) is 52.1 Å². The zero-order valence-corrected chi connectivity index (χ0v) is 18.9. The van der Waals surface area contributed by atoms with Gasteiger partial charge in [0.15, 0.2) is 0 Å². The number of nitrogens with one attached hydrogen (secondary N) is 2. The van der Waals surface area contributed by atoms with Crippen molar-refractivity contribution in [3.8, 4) is 18.4 Å². The van der Waals surface area contributed by atoms with Gasteiger partial charge in [0, 0.05) is 18.4 Å². The van der Waals surface area contributed by atoms with E-state index < -0.39 is 34.9 Å². The number of amides is 2. The first-order valence-electron chi connectivity index (χ1n) is 9.81. The SMILES string of the molecule is C#C[C@H](NC(=O)C(=O)c1c(C)c(C(=O)Nc2ccc(F)c(C#N)c2)n(C)c1C)C(C)(C)C. The molecule has 7 nitrogen and oxygen atoms in total. The summed E-state index contributed by atoms with van der Waals surface area (Å²) in [4.78, 5) is 38.5. The summed E-state index contributed by atoms with van der Waals surface area (Å²) in [6.07, 6.45) is 5.50. The Balaban J connectivity index is 2.37. The normalized spacial score (nSPS) is 11.8. The Morgan fingerprint density at radius 2 is 1.84 bits per heavy atom. The Hall–Kier alpha value is -3.91. The molecule has 0 unspecified atom stereocenters. The number of rotatable bonds is 5. The number of nitrogens with zero attached hydrogens (tertiary/aromatic N) is 2. The summed E-state index contributed by atoms with van der Waals surface area (Å²) in [5.41, 5.74) is 0.572. The summed E-state index contributed by atoms with van der Waals surface area (Å²) in [7, 11) is 1.59. The molecule has 0 spiro atoms. The fourth-order valence-corrected chi connectivity index (χ4v) is 3.33. The Morgan fingerprint density at radius 3 is 2.38 bits per heavy atom. The zero-order chi connectivity index (χ0) is 24.4. The summed E-state index contributed by atoms with van der Waals surface area (Å²) in [5, 5.41) is 14.1. The molecule has 8 heteroatoms. The number of hydrogen-bond donors (Lipinski definition) is 2. The van der Waals surface area contributed by atoms with Crippen molar-refractivity contribution < 1.29 is 18.8 Å². The predicted molar refractivity (Wildman–Crippen MR) is 119 cm³/mol. The Kier molecular flexibility index (Phi) is 6.90. The molecule has 1 aromatic carbocycles. The number of terminal acetylenes is 1. The summed E-state index contributed by atoms with van der Waals surface area (Å²) >= 11 is 0. The van der Waals surface area contributed by atoms with Gasteiger partial charge in [0.1, 0.15) is 17.6 Å². The van der Waals surface area contributed by atoms with Crippen LogP contribution in [-0.2, 0) is 11.8 Å². The number of Topliss-reactive ketones (excluding diaryl/α,β-unsaturated/α-hetero) is 1. The lowest BCUT2D eigenvalue weighted by Gasteiger charge is -2.26. The highest BCUT2D eigenvalue weighted by atomic mass is 19.1. The van der Waals surface area contributed by atoms with E-state index >= 15 is 0 Å². The largest absolute Gasteiger partial charge is 0.343 e. The molecule has 1 atom stereocenters. The highest BCUT2D eigenvalue weighted by Crippen LogP contribution is 2.24. The maximum Gasteiger partial charge on any atom is 0.293 e. The number of carbonyl (C=O) groups is 3. The van der Waals surface area contributed by atoms with Crippen molar-refractivity contribution in [2.75, 3.05) is 5.32 Å². The number of aromatic nitrogens is 1. The van der Waals surface area contributed by atoms with Gasteiger partial charge in [-0.15, -0.1) is 6.42 Å². The van der Waals surface area contributed by atoms with Gasteiger partial charge < -0.3 is 15.2 Å². The summed E-state index contributed by atoms with van der Waals surface area (Å²) in [6, 6.07) is 4.67. The van der Waals surface area contributed by atoms with Crippen molar-refractivity contribution in [2.24, 2.45) is 12.5 Å². The van der Waals surface area contributed by atoms with E-state index in [1.165, 1.54) is 16.7 Å². The van der Waals surface area contributed by atoms with Crippen molar-refractivity contribution in [2.45, 2.75) is 40.7 Å². The quantitative estimate of drug-likeness (QED) is 0.426. The molecule has 0 saturated carbocycles. The molecule has 0 radical (unpaired) electrons. The van der Waals surface area contributed by atoms with Gasteiger partial charge in [-0.3, -0.25) is 14.4 Å². The molecule has 0 bridgehead atoms. The summed E-state index contributed by atoms with van der Waals surface area (Å²) in [5.74, 6) is -0.444. The average Bonchev–Trinajstić information content (AvgIpc) is 2.94. The van der Waals surface area contributed by atoms with E-state index in [0.717, 1.165) is 6.07 Å². The van der Waals surface area contributed by atoms with E-state index in [-0.39, 0.29) is 22.5 Å². The minimum atomic E-state index is -0.858. The van der Waals surface area contributed by atoms with E-state index in [2.05, 4.69) is 16.6 Å². The fourth-order valence-electron chi connectivity index (χ4n) is 3.33. The van der Waals surface area contributed by atoms with E-state index in [1.807, 2.05) is 20.8 Å². The predicted octanol–water partition coefficient (Wildman–Crippen LogP) is 3.25. The van der Waals surface area contributed by atoms with Crippen LogP contribution in [0.4, 0.5) is 10.1 Å². The molecular weight excluding hydrogens is 411 g/mol. The molecule has 0 aliphatic heterocycles. The van der Waals surface area contributed by atoms with Crippen LogP contribution in [-0.4, -0.2) is 28.2 Å². The Morgan fingerprint density at radius 1 is 1.22 bits per heavy atom. The molecule has 2 aromatic rings. The molecule has 166 valence electrons. The first kappa shape index (κ1) is 24.4. The smallest absolute Gasteiger partial charge is 0.293 e. The van der Waals surface area contributed by atoms with Gasteiger partial charge in [0.2, 0.25) is 0 Å². The molecule has 0 aliphatic rings. The van der Waals surface area contributed by atoms with Crippen molar-refractivity contribution in [1.82, 2.24) is 9.88 Å². The molecule has 2 amide bonds. The van der Waals surface area contributed by atoms with Crippen LogP contribution >= 0.6 is 0 Å². The molecule has 1 heterocycles. The Labute approximate surface area is 186 Å². The van der Waals surface area contributed by atoms with Crippen LogP contribution in [0.25, 0.3) is 0 Å². The molecule has 0 saturated heterocycles. The van der Waals surface area contributed by atoms with Crippen LogP contribution < -0.4 is 10.6 Å². The third-order valence-electron chi connectivity index (χ3n) is 5.23. The highest BCUT2D eigenvalue weighted by Gasteiger charge is 2.31. The number of carbonyl (C=O) groups excluding carboxylic acids is 3. The van der Waals surface area contributed by atoms with Gasteiger partial charge in [-0.2, -0.15) is 5.26 Å². The third kappa shape index (κ3) is 4.70. The number of benzene rings is 1.